The van der Waals surface area contributed by atoms with Gasteiger partial charge in [-0.3, -0.25) is 9.69 Å². The Morgan fingerprint density at radius 2 is 1.96 bits per heavy atom. The highest BCUT2D eigenvalue weighted by Crippen LogP contribution is 2.28. The number of carbonyl (C=O) groups excluding carboxylic acids is 1. The van der Waals surface area contributed by atoms with Gasteiger partial charge in [0.15, 0.2) is 18.1 Å². The first-order valence-corrected chi connectivity index (χ1v) is 9.73. The maximum absolute atomic E-state index is 11.5. The van der Waals surface area contributed by atoms with Gasteiger partial charge >= 0.3 is 0 Å². The Labute approximate surface area is 163 Å². The highest BCUT2D eigenvalue weighted by atomic mass is 16.5. The molecule has 0 radical (unpaired) electrons. The maximum Gasteiger partial charge on any atom is 0.257 e. The van der Waals surface area contributed by atoms with Crippen LogP contribution >= 0.6 is 0 Å². The van der Waals surface area contributed by atoms with Crippen molar-refractivity contribution in [1.29, 1.82) is 0 Å². The molecule has 0 spiro atoms. The van der Waals surface area contributed by atoms with E-state index in [4.69, 9.17) is 9.47 Å². The number of hydrogen-bond acceptors (Lipinski definition) is 6. The van der Waals surface area contributed by atoms with Crippen molar-refractivity contribution in [3.8, 4) is 11.5 Å². The molecule has 1 aromatic rings. The number of amides is 1. The predicted octanol–water partition coefficient (Wildman–Crippen LogP) is 0.936. The summed E-state index contributed by atoms with van der Waals surface area (Å²) in [7, 11) is 3.79. The lowest BCUT2D eigenvalue weighted by Crippen LogP contribution is -2.50. The molecule has 0 bridgehead atoms. The van der Waals surface area contributed by atoms with E-state index in [2.05, 4.69) is 34.4 Å². The van der Waals surface area contributed by atoms with Crippen LogP contribution < -0.4 is 20.1 Å². The fourth-order valence-corrected chi connectivity index (χ4v) is 3.15. The Balaban J connectivity index is 1.80. The summed E-state index contributed by atoms with van der Waals surface area (Å²) in [4.78, 5) is 16.5. The Morgan fingerprint density at radius 1 is 1.22 bits per heavy atom. The van der Waals surface area contributed by atoms with Crippen molar-refractivity contribution in [2.45, 2.75) is 26.4 Å². The first-order valence-electron chi connectivity index (χ1n) is 9.73. The van der Waals surface area contributed by atoms with E-state index in [1.54, 1.807) is 7.11 Å². The molecule has 1 unspecified atom stereocenters. The average molecular weight is 379 g/mol. The van der Waals surface area contributed by atoms with Crippen LogP contribution in [0.4, 0.5) is 0 Å². The number of piperazine rings is 1. The van der Waals surface area contributed by atoms with Crippen LogP contribution in [0.15, 0.2) is 18.2 Å². The molecule has 1 amide bonds. The summed E-state index contributed by atoms with van der Waals surface area (Å²) >= 11 is 0. The quantitative estimate of drug-likeness (QED) is 0.632. The van der Waals surface area contributed by atoms with E-state index in [1.807, 2.05) is 25.1 Å². The molecule has 1 aliphatic heterocycles. The fraction of sp³-hybridized carbons (Fsp3) is 0.650. The molecule has 2 N–H and O–H groups in total. The Hall–Kier alpha value is -1.83. The van der Waals surface area contributed by atoms with Crippen LogP contribution in [0, 0.1) is 0 Å². The van der Waals surface area contributed by atoms with Gasteiger partial charge < -0.3 is 25.0 Å². The molecule has 1 fully saturated rings. The lowest BCUT2D eigenvalue weighted by molar-refractivity contribution is -0.123. The van der Waals surface area contributed by atoms with Crippen molar-refractivity contribution in [2.24, 2.45) is 0 Å². The molecule has 2 rings (SSSR count). The maximum atomic E-state index is 11.5. The molecule has 1 aliphatic rings. The number of rotatable bonds is 10. The van der Waals surface area contributed by atoms with Crippen molar-refractivity contribution in [1.82, 2.24) is 20.4 Å². The third kappa shape index (κ3) is 7.01. The van der Waals surface area contributed by atoms with Crippen molar-refractivity contribution >= 4 is 5.91 Å². The van der Waals surface area contributed by atoms with Crippen LogP contribution in [0.2, 0.25) is 0 Å². The zero-order valence-electron chi connectivity index (χ0n) is 17.1. The minimum Gasteiger partial charge on any atom is -0.493 e. The van der Waals surface area contributed by atoms with E-state index in [9.17, 15) is 4.79 Å². The van der Waals surface area contributed by atoms with Crippen LogP contribution in [0.25, 0.3) is 0 Å². The number of likely N-dealkylation sites (N-methyl/N-ethyl adjacent to an activating group) is 2. The Morgan fingerprint density at radius 3 is 2.63 bits per heavy atom. The summed E-state index contributed by atoms with van der Waals surface area (Å²) in [5.74, 6) is 1.09. The van der Waals surface area contributed by atoms with E-state index in [1.165, 1.54) is 0 Å². The third-order valence-corrected chi connectivity index (χ3v) is 4.89. The van der Waals surface area contributed by atoms with Crippen LogP contribution in [0.3, 0.4) is 0 Å². The topological polar surface area (TPSA) is 66.1 Å². The van der Waals surface area contributed by atoms with Gasteiger partial charge in [-0.2, -0.15) is 0 Å². The lowest BCUT2D eigenvalue weighted by Gasteiger charge is -2.36. The highest BCUT2D eigenvalue weighted by molar-refractivity contribution is 5.77. The highest BCUT2D eigenvalue weighted by Gasteiger charge is 2.18. The van der Waals surface area contributed by atoms with E-state index in [-0.39, 0.29) is 12.5 Å². The summed E-state index contributed by atoms with van der Waals surface area (Å²) in [5.41, 5.74) is 1.13. The van der Waals surface area contributed by atoms with Crippen LogP contribution in [-0.2, 0) is 11.3 Å². The second-order valence-corrected chi connectivity index (χ2v) is 7.05. The molecular weight excluding hydrogens is 344 g/mol. The van der Waals surface area contributed by atoms with Gasteiger partial charge in [-0.1, -0.05) is 6.07 Å². The average Bonchev–Trinajstić information content (AvgIpc) is 2.67. The molecule has 27 heavy (non-hydrogen) atoms. The fourth-order valence-electron chi connectivity index (χ4n) is 3.15. The number of carbonyl (C=O) groups is 1. The van der Waals surface area contributed by atoms with Crippen molar-refractivity contribution in [3.63, 3.8) is 0 Å². The minimum absolute atomic E-state index is 0.00959. The zero-order chi connectivity index (χ0) is 19.6. The first kappa shape index (κ1) is 21.5. The number of benzene rings is 1. The van der Waals surface area contributed by atoms with Gasteiger partial charge in [0, 0.05) is 51.9 Å². The molecule has 1 atom stereocenters. The monoisotopic (exact) mass is 378 g/mol. The van der Waals surface area contributed by atoms with Crippen LogP contribution in [0.1, 0.15) is 19.4 Å². The van der Waals surface area contributed by atoms with Crippen molar-refractivity contribution < 1.29 is 14.3 Å². The molecule has 1 heterocycles. The third-order valence-electron chi connectivity index (χ3n) is 4.89. The number of ether oxygens (including phenoxy) is 2. The lowest BCUT2D eigenvalue weighted by atomic mass is 10.2. The summed E-state index contributed by atoms with van der Waals surface area (Å²) in [5, 5.41) is 6.24. The van der Waals surface area contributed by atoms with Crippen molar-refractivity contribution in [3.05, 3.63) is 23.8 Å². The summed E-state index contributed by atoms with van der Waals surface area (Å²) < 4.78 is 11.0. The molecule has 1 aromatic carbocycles. The molecule has 0 saturated carbocycles. The number of nitrogens with zero attached hydrogens (tertiary/aromatic N) is 2. The molecule has 152 valence electrons. The van der Waals surface area contributed by atoms with Gasteiger partial charge in [0.2, 0.25) is 0 Å². The summed E-state index contributed by atoms with van der Waals surface area (Å²) in [6.07, 6.45) is 0. The SMILES string of the molecule is CCNC(=O)COc1ccc(CNCC(C)N2CCN(C)CC2)cc1OC. The number of hydrogen-bond donors (Lipinski definition) is 2. The normalized spacial score (nSPS) is 16.7. The second kappa shape index (κ2) is 11.1. The predicted molar refractivity (Wildman–Crippen MR) is 107 cm³/mol. The van der Waals surface area contributed by atoms with Gasteiger partial charge in [-0.15, -0.1) is 0 Å². The van der Waals surface area contributed by atoms with E-state index in [0.29, 0.717) is 24.1 Å². The zero-order valence-corrected chi connectivity index (χ0v) is 17.1. The molecular formula is C20H34N4O3. The van der Waals surface area contributed by atoms with E-state index in [0.717, 1.165) is 44.8 Å². The van der Waals surface area contributed by atoms with Gasteiger partial charge in [-0.05, 0) is 38.6 Å². The molecule has 0 aliphatic carbocycles. The second-order valence-electron chi connectivity index (χ2n) is 7.05. The number of methoxy groups -OCH3 is 1. The van der Waals surface area contributed by atoms with Gasteiger partial charge in [-0.25, -0.2) is 0 Å². The molecule has 0 aromatic heterocycles. The van der Waals surface area contributed by atoms with Crippen LogP contribution in [0.5, 0.6) is 11.5 Å². The van der Waals surface area contributed by atoms with Gasteiger partial charge in [0.05, 0.1) is 7.11 Å². The van der Waals surface area contributed by atoms with Crippen LogP contribution in [-0.4, -0.2) is 81.8 Å². The van der Waals surface area contributed by atoms with Crippen molar-refractivity contribution in [2.75, 3.05) is 60.0 Å². The molecule has 7 heteroatoms. The minimum atomic E-state index is -0.136. The Bertz CT molecular complexity index is 589. The molecule has 7 nitrogen and oxygen atoms in total. The first-order chi connectivity index (χ1) is 13.0. The summed E-state index contributed by atoms with van der Waals surface area (Å²) in [6.45, 7) is 11.0. The van der Waals surface area contributed by atoms with E-state index >= 15 is 0 Å². The van der Waals surface area contributed by atoms with Gasteiger partial charge in [0.1, 0.15) is 0 Å². The standard InChI is InChI=1S/C20H34N4O3/c1-5-22-20(25)15-27-18-7-6-17(12-19(18)26-4)14-21-13-16(2)24-10-8-23(3)9-11-24/h6-7,12,16,21H,5,8-11,13-15H2,1-4H3,(H,22,25). The van der Waals surface area contributed by atoms with E-state index < -0.39 is 0 Å². The van der Waals surface area contributed by atoms with Gasteiger partial charge in [0.25, 0.3) is 5.91 Å². The Kier molecular flexibility index (Phi) is 8.84. The number of nitrogens with one attached hydrogen (secondary N) is 2. The summed E-state index contributed by atoms with van der Waals surface area (Å²) in [6, 6.07) is 6.34. The smallest absolute Gasteiger partial charge is 0.257 e. The largest absolute Gasteiger partial charge is 0.493 e. The molecule has 1 saturated heterocycles.